The molecule has 25 heavy (non-hydrogen) atoms. The van der Waals surface area contributed by atoms with Gasteiger partial charge in [-0.25, -0.2) is 14.2 Å². The Morgan fingerprint density at radius 1 is 1.52 bits per heavy atom. The van der Waals surface area contributed by atoms with Gasteiger partial charge in [0.05, 0.1) is 18.7 Å². The highest BCUT2D eigenvalue weighted by Crippen LogP contribution is 2.29. The molecule has 2 heterocycles. The molecule has 2 atom stereocenters. The van der Waals surface area contributed by atoms with E-state index in [4.69, 9.17) is 4.74 Å². The van der Waals surface area contributed by atoms with Gasteiger partial charge in [-0.3, -0.25) is 0 Å². The topological polar surface area (TPSA) is 70.2 Å². The number of ether oxygens (including phenoxy) is 1. The number of halogens is 1. The number of likely N-dealkylation sites (tertiary alicyclic amines) is 1. The Morgan fingerprint density at radius 3 is 3.08 bits per heavy atom. The SMILES string of the molecule is COc1cccc(F)c1[C@H](C)NC(=O)N1CCC[C@@H](c2ncc[nH]2)C1. The highest BCUT2D eigenvalue weighted by Gasteiger charge is 2.27. The maximum atomic E-state index is 14.2. The van der Waals surface area contributed by atoms with Crippen LogP contribution in [-0.2, 0) is 0 Å². The van der Waals surface area contributed by atoms with E-state index >= 15 is 0 Å². The summed E-state index contributed by atoms with van der Waals surface area (Å²) in [7, 11) is 1.49. The first-order valence-electron chi connectivity index (χ1n) is 8.47. The van der Waals surface area contributed by atoms with E-state index in [2.05, 4.69) is 15.3 Å². The fourth-order valence-electron chi connectivity index (χ4n) is 3.35. The minimum atomic E-state index is -0.493. The number of imidazole rings is 1. The number of hydrogen-bond acceptors (Lipinski definition) is 3. The van der Waals surface area contributed by atoms with Crippen LogP contribution in [0.25, 0.3) is 0 Å². The van der Waals surface area contributed by atoms with Gasteiger partial charge < -0.3 is 19.9 Å². The molecule has 0 radical (unpaired) electrons. The van der Waals surface area contributed by atoms with Crippen molar-refractivity contribution >= 4 is 6.03 Å². The molecule has 2 amide bonds. The number of rotatable bonds is 4. The van der Waals surface area contributed by atoms with Gasteiger partial charge in [0.1, 0.15) is 17.4 Å². The first-order chi connectivity index (χ1) is 12.1. The van der Waals surface area contributed by atoms with Crippen molar-refractivity contribution < 1.29 is 13.9 Å². The Labute approximate surface area is 146 Å². The molecular formula is C18H23FN4O2. The number of urea groups is 1. The van der Waals surface area contributed by atoms with E-state index in [0.717, 1.165) is 18.7 Å². The number of aromatic nitrogens is 2. The quantitative estimate of drug-likeness (QED) is 0.893. The molecule has 0 bridgehead atoms. The Hall–Kier alpha value is -2.57. The van der Waals surface area contributed by atoms with Crippen LogP contribution in [-0.4, -0.2) is 41.1 Å². The summed E-state index contributed by atoms with van der Waals surface area (Å²) in [5, 5.41) is 2.88. The van der Waals surface area contributed by atoms with Crippen molar-refractivity contribution in [2.45, 2.75) is 31.7 Å². The number of H-pyrrole nitrogens is 1. The first kappa shape index (κ1) is 17.3. The van der Waals surface area contributed by atoms with Gasteiger partial charge in [0.2, 0.25) is 0 Å². The standard InChI is InChI=1S/C18H23FN4O2/c1-12(16-14(19)6-3-7-15(16)25-2)22-18(24)23-10-4-5-13(11-23)17-20-8-9-21-17/h3,6-9,12-13H,4-5,10-11H2,1-2H3,(H,20,21)(H,22,24)/t12-,13+/m0/s1. The molecule has 2 aromatic rings. The van der Waals surface area contributed by atoms with Crippen LogP contribution in [0.2, 0.25) is 0 Å². The maximum Gasteiger partial charge on any atom is 0.317 e. The van der Waals surface area contributed by atoms with Crippen LogP contribution in [0.1, 0.15) is 43.1 Å². The average molecular weight is 346 g/mol. The van der Waals surface area contributed by atoms with Crippen LogP contribution in [0.3, 0.4) is 0 Å². The van der Waals surface area contributed by atoms with E-state index in [1.165, 1.54) is 13.2 Å². The van der Waals surface area contributed by atoms with Crippen LogP contribution < -0.4 is 10.1 Å². The molecule has 134 valence electrons. The zero-order valence-corrected chi connectivity index (χ0v) is 14.5. The van der Waals surface area contributed by atoms with Gasteiger partial charge in [-0.05, 0) is 31.9 Å². The molecule has 1 aromatic carbocycles. The third-order valence-electron chi connectivity index (χ3n) is 4.62. The van der Waals surface area contributed by atoms with Crippen molar-refractivity contribution in [1.29, 1.82) is 0 Å². The normalized spacial score (nSPS) is 18.7. The number of carbonyl (C=O) groups is 1. The summed E-state index contributed by atoms with van der Waals surface area (Å²) in [6, 6.07) is 3.95. The number of benzene rings is 1. The molecule has 2 N–H and O–H groups in total. The Bertz CT molecular complexity index is 720. The number of aromatic amines is 1. The van der Waals surface area contributed by atoms with Crippen molar-refractivity contribution in [3.8, 4) is 5.75 Å². The highest BCUT2D eigenvalue weighted by atomic mass is 19.1. The monoisotopic (exact) mass is 346 g/mol. The minimum Gasteiger partial charge on any atom is -0.496 e. The van der Waals surface area contributed by atoms with E-state index in [9.17, 15) is 9.18 Å². The summed E-state index contributed by atoms with van der Waals surface area (Å²) in [6.45, 7) is 3.04. The van der Waals surface area contributed by atoms with Gasteiger partial charge in [-0.1, -0.05) is 6.07 Å². The molecule has 0 saturated carbocycles. The zero-order valence-electron chi connectivity index (χ0n) is 14.5. The van der Waals surface area contributed by atoms with Gasteiger partial charge in [0, 0.05) is 31.4 Å². The fourth-order valence-corrected chi connectivity index (χ4v) is 3.35. The Kier molecular flexibility index (Phi) is 5.21. The summed E-state index contributed by atoms with van der Waals surface area (Å²) in [5.41, 5.74) is 0.359. The molecule has 0 aliphatic carbocycles. The molecule has 1 aliphatic heterocycles. The van der Waals surface area contributed by atoms with E-state index in [1.807, 2.05) is 0 Å². The number of nitrogens with zero attached hydrogens (tertiary/aromatic N) is 2. The Morgan fingerprint density at radius 2 is 2.36 bits per heavy atom. The molecule has 6 nitrogen and oxygen atoms in total. The van der Waals surface area contributed by atoms with Gasteiger partial charge >= 0.3 is 6.03 Å². The van der Waals surface area contributed by atoms with Crippen LogP contribution >= 0.6 is 0 Å². The number of piperidine rings is 1. The Balaban J connectivity index is 1.67. The summed E-state index contributed by atoms with van der Waals surface area (Å²) in [4.78, 5) is 21.8. The second-order valence-electron chi connectivity index (χ2n) is 6.29. The second-order valence-corrected chi connectivity index (χ2v) is 6.29. The van der Waals surface area contributed by atoms with E-state index in [0.29, 0.717) is 24.4 Å². The van der Waals surface area contributed by atoms with E-state index in [1.54, 1.807) is 36.4 Å². The van der Waals surface area contributed by atoms with Gasteiger partial charge in [-0.15, -0.1) is 0 Å². The van der Waals surface area contributed by atoms with Crippen LogP contribution in [0, 0.1) is 5.82 Å². The average Bonchev–Trinajstić information content (AvgIpc) is 3.16. The minimum absolute atomic E-state index is 0.200. The molecule has 1 aliphatic rings. The van der Waals surface area contributed by atoms with Crippen molar-refractivity contribution in [3.63, 3.8) is 0 Å². The van der Waals surface area contributed by atoms with Crippen LogP contribution in [0.5, 0.6) is 5.75 Å². The largest absolute Gasteiger partial charge is 0.496 e. The van der Waals surface area contributed by atoms with Crippen molar-refractivity contribution in [3.05, 3.63) is 47.8 Å². The summed E-state index contributed by atoms with van der Waals surface area (Å²) >= 11 is 0. The molecule has 3 rings (SSSR count). The summed E-state index contributed by atoms with van der Waals surface area (Å²) < 4.78 is 19.4. The highest BCUT2D eigenvalue weighted by molar-refractivity contribution is 5.75. The smallest absolute Gasteiger partial charge is 0.317 e. The van der Waals surface area contributed by atoms with Crippen LogP contribution in [0.15, 0.2) is 30.6 Å². The molecule has 0 unspecified atom stereocenters. The van der Waals surface area contributed by atoms with E-state index in [-0.39, 0.29) is 17.8 Å². The number of amides is 2. The lowest BCUT2D eigenvalue weighted by Gasteiger charge is -2.33. The first-order valence-corrected chi connectivity index (χ1v) is 8.47. The van der Waals surface area contributed by atoms with Gasteiger partial charge in [0.15, 0.2) is 0 Å². The lowest BCUT2D eigenvalue weighted by Crippen LogP contribution is -2.45. The fraction of sp³-hybridized carbons (Fsp3) is 0.444. The van der Waals surface area contributed by atoms with Gasteiger partial charge in [-0.2, -0.15) is 0 Å². The molecule has 1 saturated heterocycles. The van der Waals surface area contributed by atoms with Crippen molar-refractivity contribution in [2.24, 2.45) is 0 Å². The molecular weight excluding hydrogens is 323 g/mol. The summed E-state index contributed by atoms with van der Waals surface area (Å²) in [6.07, 6.45) is 5.42. The third-order valence-corrected chi connectivity index (χ3v) is 4.62. The number of methoxy groups -OCH3 is 1. The van der Waals surface area contributed by atoms with Gasteiger partial charge in [0.25, 0.3) is 0 Å². The molecule has 0 spiro atoms. The zero-order chi connectivity index (χ0) is 17.8. The molecule has 7 heteroatoms. The number of carbonyl (C=O) groups excluding carboxylic acids is 1. The number of hydrogen-bond donors (Lipinski definition) is 2. The lowest BCUT2D eigenvalue weighted by molar-refractivity contribution is 0.175. The molecule has 1 fully saturated rings. The van der Waals surface area contributed by atoms with Crippen LogP contribution in [0.4, 0.5) is 9.18 Å². The predicted molar refractivity (Wildman–Crippen MR) is 92.0 cm³/mol. The third kappa shape index (κ3) is 3.75. The lowest BCUT2D eigenvalue weighted by atomic mass is 9.97. The maximum absolute atomic E-state index is 14.2. The summed E-state index contributed by atoms with van der Waals surface area (Å²) in [5.74, 6) is 1.15. The van der Waals surface area contributed by atoms with Crippen molar-refractivity contribution in [1.82, 2.24) is 20.2 Å². The predicted octanol–water partition coefficient (Wildman–Crippen LogP) is 3.21. The number of nitrogens with one attached hydrogen (secondary N) is 2. The second kappa shape index (κ2) is 7.55. The van der Waals surface area contributed by atoms with E-state index < -0.39 is 6.04 Å². The van der Waals surface area contributed by atoms with Crippen molar-refractivity contribution in [2.75, 3.05) is 20.2 Å². The molecule has 1 aromatic heterocycles.